The molecule has 18 heavy (non-hydrogen) atoms. The number of hydrogen-bond donors (Lipinski definition) is 2. The first-order valence-corrected chi connectivity index (χ1v) is 5.60. The molecule has 0 saturated carbocycles. The SMILES string of the molecule is NCCn1cc(C(=O)Nc2ccnc(Cl)c2)nn1. The molecule has 7 nitrogen and oxygen atoms in total. The van der Waals surface area contributed by atoms with Crippen molar-refractivity contribution in [2.24, 2.45) is 5.73 Å². The minimum Gasteiger partial charge on any atom is -0.329 e. The summed E-state index contributed by atoms with van der Waals surface area (Å²) in [4.78, 5) is 15.6. The zero-order chi connectivity index (χ0) is 13.0. The maximum atomic E-state index is 11.8. The molecule has 0 unspecified atom stereocenters. The van der Waals surface area contributed by atoms with Crippen molar-refractivity contribution in [2.45, 2.75) is 6.54 Å². The number of aromatic nitrogens is 4. The highest BCUT2D eigenvalue weighted by Gasteiger charge is 2.11. The van der Waals surface area contributed by atoms with E-state index in [4.69, 9.17) is 17.3 Å². The number of anilines is 1. The number of pyridine rings is 1. The van der Waals surface area contributed by atoms with E-state index in [9.17, 15) is 4.79 Å². The van der Waals surface area contributed by atoms with Gasteiger partial charge < -0.3 is 11.1 Å². The van der Waals surface area contributed by atoms with E-state index in [0.717, 1.165) is 0 Å². The van der Waals surface area contributed by atoms with E-state index in [-0.39, 0.29) is 11.6 Å². The van der Waals surface area contributed by atoms with E-state index < -0.39 is 0 Å². The zero-order valence-corrected chi connectivity index (χ0v) is 10.1. The van der Waals surface area contributed by atoms with E-state index in [0.29, 0.717) is 23.9 Å². The maximum Gasteiger partial charge on any atom is 0.277 e. The number of carbonyl (C=O) groups excluding carboxylic acids is 1. The largest absolute Gasteiger partial charge is 0.329 e. The molecule has 0 atom stereocenters. The van der Waals surface area contributed by atoms with Crippen molar-refractivity contribution in [2.75, 3.05) is 11.9 Å². The molecule has 2 rings (SSSR count). The number of rotatable bonds is 4. The summed E-state index contributed by atoms with van der Waals surface area (Å²) < 4.78 is 1.51. The van der Waals surface area contributed by atoms with Gasteiger partial charge in [-0.05, 0) is 12.1 Å². The highest BCUT2D eigenvalue weighted by atomic mass is 35.5. The van der Waals surface area contributed by atoms with Crippen LogP contribution in [0.2, 0.25) is 5.15 Å². The average molecular weight is 267 g/mol. The topological polar surface area (TPSA) is 98.7 Å². The third kappa shape index (κ3) is 3.02. The minimum absolute atomic E-state index is 0.219. The fourth-order valence-electron chi connectivity index (χ4n) is 1.32. The Bertz CT molecular complexity index is 555. The monoisotopic (exact) mass is 266 g/mol. The van der Waals surface area contributed by atoms with Gasteiger partial charge in [0.2, 0.25) is 0 Å². The highest BCUT2D eigenvalue weighted by molar-refractivity contribution is 6.29. The molecule has 2 aromatic heterocycles. The Hall–Kier alpha value is -1.99. The Balaban J connectivity index is 2.07. The molecule has 3 N–H and O–H groups in total. The van der Waals surface area contributed by atoms with Crippen molar-refractivity contribution in [1.29, 1.82) is 0 Å². The van der Waals surface area contributed by atoms with Crippen molar-refractivity contribution >= 4 is 23.2 Å². The number of carbonyl (C=O) groups is 1. The number of amides is 1. The molecular formula is C10H11ClN6O. The number of nitrogens with one attached hydrogen (secondary N) is 1. The Morgan fingerprint density at radius 2 is 2.39 bits per heavy atom. The lowest BCUT2D eigenvalue weighted by Gasteiger charge is -2.02. The molecule has 2 heterocycles. The van der Waals surface area contributed by atoms with E-state index in [1.807, 2.05) is 0 Å². The van der Waals surface area contributed by atoms with E-state index in [1.165, 1.54) is 17.1 Å². The van der Waals surface area contributed by atoms with Gasteiger partial charge in [-0.25, -0.2) is 4.98 Å². The second kappa shape index (κ2) is 5.56. The van der Waals surface area contributed by atoms with E-state index in [2.05, 4.69) is 20.6 Å². The van der Waals surface area contributed by atoms with Gasteiger partial charge in [0, 0.05) is 18.4 Å². The number of nitrogens with two attached hydrogens (primary N) is 1. The molecule has 0 aliphatic rings. The fraction of sp³-hybridized carbons (Fsp3) is 0.200. The van der Waals surface area contributed by atoms with Crippen molar-refractivity contribution in [3.8, 4) is 0 Å². The molecule has 8 heteroatoms. The van der Waals surface area contributed by atoms with Gasteiger partial charge in [-0.3, -0.25) is 9.48 Å². The molecule has 0 aromatic carbocycles. The van der Waals surface area contributed by atoms with Gasteiger partial charge in [-0.2, -0.15) is 0 Å². The predicted octanol–water partition coefficient (Wildman–Crippen LogP) is 0.537. The van der Waals surface area contributed by atoms with Crippen LogP contribution in [0.4, 0.5) is 5.69 Å². The van der Waals surface area contributed by atoms with Crippen LogP contribution in [0.25, 0.3) is 0 Å². The number of hydrogen-bond acceptors (Lipinski definition) is 5. The molecule has 0 saturated heterocycles. The smallest absolute Gasteiger partial charge is 0.277 e. The van der Waals surface area contributed by atoms with Crippen molar-refractivity contribution in [1.82, 2.24) is 20.0 Å². The van der Waals surface area contributed by atoms with Crippen LogP contribution in [0.3, 0.4) is 0 Å². The lowest BCUT2D eigenvalue weighted by atomic mass is 10.3. The normalized spacial score (nSPS) is 10.3. The van der Waals surface area contributed by atoms with Gasteiger partial charge in [0.1, 0.15) is 5.15 Å². The Morgan fingerprint density at radius 1 is 1.56 bits per heavy atom. The van der Waals surface area contributed by atoms with Crippen LogP contribution >= 0.6 is 11.6 Å². The summed E-state index contributed by atoms with van der Waals surface area (Å²) in [7, 11) is 0. The van der Waals surface area contributed by atoms with Crippen molar-refractivity contribution in [3.05, 3.63) is 35.4 Å². The summed E-state index contributed by atoms with van der Waals surface area (Å²) in [6.07, 6.45) is 3.04. The number of nitrogens with zero attached hydrogens (tertiary/aromatic N) is 4. The lowest BCUT2D eigenvalue weighted by Crippen LogP contribution is -2.13. The first-order chi connectivity index (χ1) is 8.69. The second-order valence-electron chi connectivity index (χ2n) is 3.48. The highest BCUT2D eigenvalue weighted by Crippen LogP contribution is 2.12. The second-order valence-corrected chi connectivity index (χ2v) is 3.86. The lowest BCUT2D eigenvalue weighted by molar-refractivity contribution is 0.102. The fourth-order valence-corrected chi connectivity index (χ4v) is 1.49. The molecule has 0 spiro atoms. The third-order valence-corrected chi connectivity index (χ3v) is 2.32. The first kappa shape index (κ1) is 12.5. The number of halogens is 1. The Morgan fingerprint density at radius 3 is 3.11 bits per heavy atom. The van der Waals surface area contributed by atoms with E-state index >= 15 is 0 Å². The Labute approximate surface area is 108 Å². The van der Waals surface area contributed by atoms with Gasteiger partial charge in [-0.15, -0.1) is 5.10 Å². The van der Waals surface area contributed by atoms with Crippen LogP contribution in [-0.4, -0.2) is 32.4 Å². The van der Waals surface area contributed by atoms with Crippen LogP contribution in [0, 0.1) is 0 Å². The maximum absolute atomic E-state index is 11.8. The summed E-state index contributed by atoms with van der Waals surface area (Å²) in [5.41, 5.74) is 6.14. The summed E-state index contributed by atoms with van der Waals surface area (Å²) in [5, 5.41) is 10.5. The van der Waals surface area contributed by atoms with Crippen LogP contribution in [0.5, 0.6) is 0 Å². The van der Waals surface area contributed by atoms with Gasteiger partial charge in [-0.1, -0.05) is 16.8 Å². The summed E-state index contributed by atoms with van der Waals surface area (Å²) in [6.45, 7) is 0.950. The molecule has 0 bridgehead atoms. The molecule has 1 amide bonds. The molecule has 94 valence electrons. The standard InChI is InChI=1S/C10H11ClN6O/c11-9-5-7(1-3-13-9)14-10(18)8-6-17(4-2-12)16-15-8/h1,3,5-6H,2,4,12H2,(H,13,14,18). The first-order valence-electron chi connectivity index (χ1n) is 5.22. The van der Waals surface area contributed by atoms with Gasteiger partial charge in [0.25, 0.3) is 5.91 Å². The van der Waals surface area contributed by atoms with Gasteiger partial charge >= 0.3 is 0 Å². The average Bonchev–Trinajstić information content (AvgIpc) is 2.78. The molecule has 2 aromatic rings. The molecule has 0 fully saturated rings. The molecule has 0 aliphatic carbocycles. The summed E-state index contributed by atoms with van der Waals surface area (Å²) >= 11 is 5.71. The van der Waals surface area contributed by atoms with Gasteiger partial charge in [0.15, 0.2) is 5.69 Å². The van der Waals surface area contributed by atoms with Crippen LogP contribution in [-0.2, 0) is 6.54 Å². The van der Waals surface area contributed by atoms with Crippen LogP contribution in [0.1, 0.15) is 10.5 Å². The van der Waals surface area contributed by atoms with E-state index in [1.54, 1.807) is 12.1 Å². The predicted molar refractivity (Wildman–Crippen MR) is 66.3 cm³/mol. The van der Waals surface area contributed by atoms with Crippen LogP contribution < -0.4 is 11.1 Å². The summed E-state index contributed by atoms with van der Waals surface area (Å²) in [5.74, 6) is -0.361. The minimum atomic E-state index is -0.361. The van der Waals surface area contributed by atoms with Gasteiger partial charge in [0.05, 0.1) is 12.7 Å². The summed E-state index contributed by atoms with van der Waals surface area (Å²) in [6, 6.07) is 3.18. The molecule has 0 radical (unpaired) electrons. The van der Waals surface area contributed by atoms with Crippen molar-refractivity contribution < 1.29 is 4.79 Å². The third-order valence-electron chi connectivity index (χ3n) is 2.11. The van der Waals surface area contributed by atoms with Crippen LogP contribution in [0.15, 0.2) is 24.5 Å². The Kier molecular flexibility index (Phi) is 3.85. The van der Waals surface area contributed by atoms with Crippen molar-refractivity contribution in [3.63, 3.8) is 0 Å². The zero-order valence-electron chi connectivity index (χ0n) is 9.38. The quantitative estimate of drug-likeness (QED) is 0.787. The molecule has 0 aliphatic heterocycles. The molecular weight excluding hydrogens is 256 g/mol.